The van der Waals surface area contributed by atoms with Crippen LogP contribution in [0.4, 0.5) is 10.8 Å². The molecule has 0 spiro atoms. The summed E-state index contributed by atoms with van der Waals surface area (Å²) in [4.78, 5) is 0.146. The quantitative estimate of drug-likeness (QED) is 0.827. The molecule has 19 heavy (non-hydrogen) atoms. The Bertz CT molecular complexity index is 521. The first-order valence-electron chi connectivity index (χ1n) is 6.38. The van der Waals surface area contributed by atoms with Crippen LogP contribution in [0.5, 0.6) is 0 Å². The topological polar surface area (TPSA) is 94.3 Å². The number of nitrogen functional groups attached to an aromatic ring is 1. The number of ether oxygens (including phenoxy) is 1. The van der Waals surface area contributed by atoms with Crippen LogP contribution in [0, 0.1) is 0 Å². The van der Waals surface area contributed by atoms with E-state index in [4.69, 9.17) is 10.5 Å². The van der Waals surface area contributed by atoms with Gasteiger partial charge in [-0.25, -0.2) is 8.42 Å². The number of nitrogens with two attached hydrogens (primary N) is 1. The van der Waals surface area contributed by atoms with E-state index in [2.05, 4.69) is 9.69 Å². The lowest BCUT2D eigenvalue weighted by molar-refractivity contribution is 0.107. The van der Waals surface area contributed by atoms with Crippen molar-refractivity contribution in [1.29, 1.82) is 0 Å². The van der Waals surface area contributed by atoms with E-state index in [0.717, 1.165) is 37.4 Å². The molecular formula is C11H19N3O3S2. The Hall–Kier alpha value is -0.860. The van der Waals surface area contributed by atoms with Crippen molar-refractivity contribution in [2.45, 2.75) is 37.2 Å². The average molecular weight is 305 g/mol. The molecule has 0 aromatic carbocycles. The number of rotatable bonds is 6. The molecule has 0 saturated carbocycles. The molecule has 1 fully saturated rings. The van der Waals surface area contributed by atoms with Gasteiger partial charge in [-0.05, 0) is 30.8 Å². The van der Waals surface area contributed by atoms with Gasteiger partial charge in [-0.15, -0.1) is 0 Å². The van der Waals surface area contributed by atoms with E-state index in [0.29, 0.717) is 11.5 Å². The highest BCUT2D eigenvalue weighted by molar-refractivity contribution is 7.91. The summed E-state index contributed by atoms with van der Waals surface area (Å²) in [6, 6.07) is 0. The van der Waals surface area contributed by atoms with Crippen LogP contribution in [0.25, 0.3) is 0 Å². The van der Waals surface area contributed by atoms with Crippen LogP contribution < -0.4 is 11.1 Å². The zero-order chi connectivity index (χ0) is 13.9. The molecule has 108 valence electrons. The molecule has 1 aromatic heterocycles. The second-order valence-corrected chi connectivity index (χ2v) is 7.47. The van der Waals surface area contributed by atoms with Gasteiger partial charge in [0.1, 0.15) is 9.90 Å². The molecule has 0 amide bonds. The average Bonchev–Trinajstić information content (AvgIpc) is 3.00. The lowest BCUT2D eigenvalue weighted by Crippen LogP contribution is -2.14. The van der Waals surface area contributed by atoms with Crippen LogP contribution in [-0.4, -0.2) is 37.8 Å². The van der Waals surface area contributed by atoms with Crippen LogP contribution >= 0.6 is 11.5 Å². The smallest absolute Gasteiger partial charge is 0.184 e. The Labute approximate surface area is 117 Å². The van der Waals surface area contributed by atoms with Gasteiger partial charge in [0.15, 0.2) is 15.7 Å². The van der Waals surface area contributed by atoms with Crippen molar-refractivity contribution in [3.05, 3.63) is 0 Å². The maximum Gasteiger partial charge on any atom is 0.184 e. The van der Waals surface area contributed by atoms with Gasteiger partial charge in [0, 0.05) is 13.2 Å². The van der Waals surface area contributed by atoms with Gasteiger partial charge in [-0.2, -0.15) is 4.37 Å². The largest absolute Gasteiger partial charge is 0.382 e. The first-order valence-corrected chi connectivity index (χ1v) is 8.80. The number of sulfone groups is 1. The minimum absolute atomic E-state index is 0.0238. The number of nitrogens with zero attached hydrogens (tertiary/aromatic N) is 1. The minimum atomic E-state index is -3.34. The molecule has 1 aliphatic heterocycles. The number of nitrogens with one attached hydrogen (secondary N) is 1. The predicted octanol–water partition coefficient (Wildman–Crippen LogP) is 1.50. The lowest BCUT2D eigenvalue weighted by Gasteiger charge is -2.10. The maximum absolute atomic E-state index is 11.9. The van der Waals surface area contributed by atoms with E-state index < -0.39 is 9.84 Å². The molecule has 2 rings (SSSR count). The summed E-state index contributed by atoms with van der Waals surface area (Å²) < 4.78 is 33.3. The van der Waals surface area contributed by atoms with Gasteiger partial charge in [-0.3, -0.25) is 0 Å². The highest BCUT2D eigenvalue weighted by Gasteiger charge is 2.24. The zero-order valence-electron chi connectivity index (χ0n) is 10.9. The fraction of sp³-hybridized carbons (Fsp3) is 0.727. The third-order valence-electron chi connectivity index (χ3n) is 3.14. The van der Waals surface area contributed by atoms with Crippen LogP contribution in [0.15, 0.2) is 4.90 Å². The monoisotopic (exact) mass is 305 g/mol. The van der Waals surface area contributed by atoms with Crippen molar-refractivity contribution < 1.29 is 13.2 Å². The van der Waals surface area contributed by atoms with Crippen molar-refractivity contribution in [3.8, 4) is 0 Å². The SMILES string of the molecule is CCS(=O)(=O)c1c(N)nsc1NCCC1CCCO1. The Kier molecular flexibility index (Phi) is 4.64. The molecule has 0 radical (unpaired) electrons. The predicted molar refractivity (Wildman–Crippen MR) is 76.3 cm³/mol. The van der Waals surface area contributed by atoms with E-state index in [1.54, 1.807) is 6.92 Å². The van der Waals surface area contributed by atoms with Crippen molar-refractivity contribution in [3.63, 3.8) is 0 Å². The van der Waals surface area contributed by atoms with Gasteiger partial charge >= 0.3 is 0 Å². The number of hydrogen-bond donors (Lipinski definition) is 2. The number of aromatic nitrogens is 1. The van der Waals surface area contributed by atoms with E-state index in [1.165, 1.54) is 0 Å². The van der Waals surface area contributed by atoms with Gasteiger partial charge in [0.2, 0.25) is 0 Å². The fourth-order valence-corrected chi connectivity index (χ4v) is 4.26. The normalized spacial score (nSPS) is 19.7. The van der Waals surface area contributed by atoms with E-state index >= 15 is 0 Å². The summed E-state index contributed by atoms with van der Waals surface area (Å²) in [5, 5.41) is 3.66. The van der Waals surface area contributed by atoms with Gasteiger partial charge in [-0.1, -0.05) is 6.92 Å². The Morgan fingerprint density at radius 3 is 3.00 bits per heavy atom. The first kappa shape index (κ1) is 14.5. The fourth-order valence-electron chi connectivity index (χ4n) is 2.07. The highest BCUT2D eigenvalue weighted by atomic mass is 32.2. The molecule has 6 nitrogen and oxygen atoms in total. The van der Waals surface area contributed by atoms with E-state index in [9.17, 15) is 8.42 Å². The maximum atomic E-state index is 11.9. The zero-order valence-corrected chi connectivity index (χ0v) is 12.5. The molecule has 2 heterocycles. The lowest BCUT2D eigenvalue weighted by atomic mass is 10.2. The van der Waals surface area contributed by atoms with Crippen molar-refractivity contribution in [1.82, 2.24) is 4.37 Å². The Morgan fingerprint density at radius 2 is 2.37 bits per heavy atom. The second-order valence-electron chi connectivity index (χ2n) is 4.48. The summed E-state index contributed by atoms with van der Waals surface area (Å²) >= 11 is 1.09. The molecule has 1 aromatic rings. The molecule has 1 unspecified atom stereocenters. The molecule has 1 saturated heterocycles. The van der Waals surface area contributed by atoms with Gasteiger partial charge < -0.3 is 15.8 Å². The molecule has 8 heteroatoms. The van der Waals surface area contributed by atoms with Crippen LogP contribution in [-0.2, 0) is 14.6 Å². The van der Waals surface area contributed by atoms with Gasteiger partial charge in [0.25, 0.3) is 0 Å². The molecule has 0 bridgehead atoms. The molecular weight excluding hydrogens is 286 g/mol. The van der Waals surface area contributed by atoms with Crippen molar-refractivity contribution in [2.24, 2.45) is 0 Å². The Balaban J connectivity index is 2.00. The molecule has 3 N–H and O–H groups in total. The summed E-state index contributed by atoms with van der Waals surface area (Å²) in [6.07, 6.45) is 3.33. The molecule has 0 aliphatic carbocycles. The standard InChI is InChI=1S/C11H19N3O3S2/c1-2-19(15,16)9-10(12)14-18-11(9)13-6-5-8-4-3-7-17-8/h8,13H,2-7H2,1H3,(H2,12,14). The minimum Gasteiger partial charge on any atom is -0.382 e. The van der Waals surface area contributed by atoms with E-state index in [-0.39, 0.29) is 22.6 Å². The van der Waals surface area contributed by atoms with Crippen LogP contribution in [0.2, 0.25) is 0 Å². The summed E-state index contributed by atoms with van der Waals surface area (Å²) in [6.45, 7) is 3.09. The van der Waals surface area contributed by atoms with Gasteiger partial charge in [0.05, 0.1) is 11.9 Å². The first-order chi connectivity index (χ1) is 9.04. The number of hydrogen-bond acceptors (Lipinski definition) is 7. The van der Waals surface area contributed by atoms with Crippen molar-refractivity contribution in [2.75, 3.05) is 30.0 Å². The number of anilines is 2. The van der Waals surface area contributed by atoms with Crippen LogP contribution in [0.1, 0.15) is 26.2 Å². The third-order valence-corrected chi connectivity index (χ3v) is 5.88. The summed E-state index contributed by atoms with van der Waals surface area (Å²) in [5.41, 5.74) is 5.65. The van der Waals surface area contributed by atoms with Crippen molar-refractivity contribution >= 4 is 32.2 Å². The molecule has 1 atom stereocenters. The summed E-state index contributed by atoms with van der Waals surface area (Å²) in [7, 11) is -3.34. The molecule has 1 aliphatic rings. The van der Waals surface area contributed by atoms with Crippen LogP contribution in [0.3, 0.4) is 0 Å². The third kappa shape index (κ3) is 3.37. The second kappa shape index (κ2) is 6.06. The highest BCUT2D eigenvalue weighted by Crippen LogP contribution is 2.32. The van der Waals surface area contributed by atoms with E-state index in [1.807, 2.05) is 0 Å². The Morgan fingerprint density at radius 1 is 1.58 bits per heavy atom. The summed E-state index contributed by atoms with van der Waals surface area (Å²) in [5.74, 6) is 0.113.